The molecule has 1 aliphatic rings. The van der Waals surface area contributed by atoms with Crippen molar-refractivity contribution in [1.29, 1.82) is 0 Å². The van der Waals surface area contributed by atoms with Gasteiger partial charge in [-0.05, 0) is 66.3 Å². The SMILES string of the molecule is CC[C@H](C)[C@@H]1NC(=O)[C@@H](CCCN=C(N)N)NC(=O)[C@H](CC(C)C)NC(=O)[C@H]([C@H](O)C(C)C)NC(=O)[C@@H](NC(=O)[C@H](CC(C)(C)C)NC(=O)[C@H](N)CC(C)(C)C)[C@@H](c2ccccc2)NC(=O)[C@H](CO)NC(=O)[C@H]([C@H](O)C(N)=O)NC(=O)CNC(=O)[C@H](CO)NC1=O.O=C(O)C(F)(F)F.O=C(O)C(F)(F)F. The van der Waals surface area contributed by atoms with E-state index in [0.717, 1.165) is 0 Å². The van der Waals surface area contributed by atoms with Crippen LogP contribution in [-0.2, 0) is 67.1 Å². The molecular formula is C63H102F6N16O20. The van der Waals surface area contributed by atoms with Crippen LogP contribution in [0.4, 0.5) is 26.3 Å². The monoisotopic (exact) mass is 1520 g/mol. The molecule has 1 aliphatic heterocycles. The molecule has 0 radical (unpaired) electrons. The number of aliphatic carboxylic acids is 2. The molecule has 0 bridgehead atoms. The Morgan fingerprint density at radius 3 is 1.49 bits per heavy atom. The number of carboxylic acid groups (broad SMARTS) is 2. The third-order valence-corrected chi connectivity index (χ3v) is 15.1. The average Bonchev–Trinajstić information content (AvgIpc) is 0.809. The minimum atomic E-state index is -5.08. The van der Waals surface area contributed by atoms with Gasteiger partial charge in [0.25, 0.3) is 0 Å². The highest BCUT2D eigenvalue weighted by molar-refractivity contribution is 6.01. The van der Waals surface area contributed by atoms with Crippen molar-refractivity contribution in [3.8, 4) is 0 Å². The minimum absolute atomic E-state index is 0.0355. The lowest BCUT2D eigenvalue weighted by molar-refractivity contribution is -0.193. The van der Waals surface area contributed by atoms with Crippen molar-refractivity contribution in [3.05, 3.63) is 35.9 Å². The standard InChI is InChI=1S/C59H100N16O16.2C2HF3O2/c1-13-30(6)39-53(88)69-36(26-76)48(83)65-25-38(78)71-43(45(80)46(61)81)56(91)70-37(27-77)52(87)73-40(31-18-15-14-16-19-31)41(74-51(86)35(24-59(10,11)12)68-47(82)32(60)23-58(7,8)9)54(89)75-42(44(79)29(4)5)55(90)67-34(22-28(2)3)50(85)66-33(49(84)72-39)20-17-21-64-57(62)63;2*3-2(4,5)1(6)7/h14-16,18-19,28-30,32-37,39-45,76-77,79-80H,13,17,20-27,60H2,1-12H3,(H2,61,81)(H,65,83)(H,66,85)(H,67,90)(H,68,82)(H,69,88)(H,70,91)(H,71,78)(H,72,84)(H,73,87)(H,74,86)(H,75,89)(H4,62,63,64);2*(H,6,7)/t30-,32+,33+,34-,35-,36-,37-,39-,40+,41-,42-,43-,44+,45-;;/m0../s1. The van der Waals surface area contributed by atoms with Crippen molar-refractivity contribution in [3.63, 3.8) is 0 Å². The highest BCUT2D eigenvalue weighted by Gasteiger charge is 2.44. The number of aliphatic hydroxyl groups is 4. The second-order valence-electron chi connectivity index (χ2n) is 27.6. The van der Waals surface area contributed by atoms with Crippen LogP contribution < -0.4 is 81.4 Å². The predicted molar refractivity (Wildman–Crippen MR) is 360 cm³/mol. The fraction of sp³-hybridized carbons (Fsp3) is 0.667. The van der Waals surface area contributed by atoms with Gasteiger partial charge < -0.3 is 112 Å². The van der Waals surface area contributed by atoms with Crippen LogP contribution in [0.1, 0.15) is 133 Å². The number of halogens is 6. The first-order valence-electron chi connectivity index (χ1n) is 32.8. The highest BCUT2D eigenvalue weighted by atomic mass is 19.4. The summed E-state index contributed by atoms with van der Waals surface area (Å²) < 4.78 is 63.5. The number of nitrogens with one attached hydrogen (secondary N) is 11. The first kappa shape index (κ1) is 95.5. The normalized spacial score (nSPS) is 22.7. The molecule has 42 heteroatoms. The number of amides is 12. The Morgan fingerprint density at radius 1 is 0.590 bits per heavy atom. The van der Waals surface area contributed by atoms with E-state index in [-0.39, 0.29) is 62.5 Å². The number of alkyl halides is 6. The van der Waals surface area contributed by atoms with E-state index in [4.69, 9.17) is 42.7 Å². The van der Waals surface area contributed by atoms with Gasteiger partial charge in [-0.3, -0.25) is 62.5 Å². The Balaban J connectivity index is 0.00000696. The number of nitrogens with zero attached hydrogens (tertiary/aromatic N) is 1. The zero-order chi connectivity index (χ0) is 81.6. The molecule has 25 N–H and O–H groups in total. The van der Waals surface area contributed by atoms with Crippen molar-refractivity contribution in [2.45, 2.75) is 213 Å². The van der Waals surface area contributed by atoms with Gasteiger partial charge >= 0.3 is 24.3 Å². The van der Waals surface area contributed by atoms with Crippen molar-refractivity contribution in [2.24, 2.45) is 56.5 Å². The molecule has 12 amide bonds. The maximum absolute atomic E-state index is 15.5. The van der Waals surface area contributed by atoms with Crippen molar-refractivity contribution < 1.29 is 124 Å². The lowest BCUT2D eigenvalue weighted by atomic mass is 9.86. The molecule has 14 atom stereocenters. The van der Waals surface area contributed by atoms with Gasteiger partial charge in [-0.2, -0.15) is 26.3 Å². The number of benzene rings is 1. The number of primary amides is 1. The van der Waals surface area contributed by atoms with Crippen molar-refractivity contribution in [1.82, 2.24) is 58.5 Å². The quantitative estimate of drug-likeness (QED) is 0.0240. The fourth-order valence-corrected chi connectivity index (χ4v) is 9.46. The van der Waals surface area contributed by atoms with Crippen molar-refractivity contribution in [2.75, 3.05) is 26.3 Å². The van der Waals surface area contributed by atoms with Crippen LogP contribution in [0.15, 0.2) is 35.3 Å². The molecule has 1 aromatic carbocycles. The van der Waals surface area contributed by atoms with E-state index in [1.807, 2.05) is 26.1 Å². The largest absolute Gasteiger partial charge is 0.490 e. The van der Waals surface area contributed by atoms with E-state index in [1.165, 1.54) is 38.1 Å². The number of aliphatic imine (C=N–C) groups is 1. The number of carbonyl (C=O) groups is 14. The molecule has 596 valence electrons. The molecular weight excluding hydrogens is 1410 g/mol. The maximum atomic E-state index is 15.5. The Hall–Kier alpha value is -9.55. The van der Waals surface area contributed by atoms with Crippen LogP contribution >= 0.6 is 0 Å². The number of carbonyl (C=O) groups excluding carboxylic acids is 12. The molecule has 105 heavy (non-hydrogen) atoms. The topological polar surface area (TPSA) is 609 Å². The summed E-state index contributed by atoms with van der Waals surface area (Å²) in [7, 11) is 0. The number of aliphatic hydroxyl groups excluding tert-OH is 4. The summed E-state index contributed by atoms with van der Waals surface area (Å²) in [6.07, 6.45) is -14.5. The highest BCUT2D eigenvalue weighted by Crippen LogP contribution is 2.25. The predicted octanol–water partition coefficient (Wildman–Crippen LogP) is -4.20. The number of hydrogen-bond donors (Lipinski definition) is 21. The van der Waals surface area contributed by atoms with Gasteiger partial charge in [0.1, 0.15) is 54.4 Å². The summed E-state index contributed by atoms with van der Waals surface area (Å²) in [5, 5.41) is 84.7. The summed E-state index contributed by atoms with van der Waals surface area (Å²) in [5.74, 6) is -21.8. The second-order valence-corrected chi connectivity index (χ2v) is 27.6. The Morgan fingerprint density at radius 2 is 1.04 bits per heavy atom. The van der Waals surface area contributed by atoms with E-state index in [2.05, 4.69) is 58.2 Å². The number of carboxylic acids is 2. The number of hydrogen-bond acceptors (Lipinski definition) is 20. The van der Waals surface area contributed by atoms with E-state index < -0.39 is 216 Å². The van der Waals surface area contributed by atoms with Gasteiger partial charge in [0.15, 0.2) is 12.1 Å². The molecule has 2 rings (SSSR count). The van der Waals surface area contributed by atoms with E-state index in [0.29, 0.717) is 0 Å². The van der Waals surface area contributed by atoms with Gasteiger partial charge in [0.05, 0.1) is 37.9 Å². The van der Waals surface area contributed by atoms with Crippen LogP contribution in [0.2, 0.25) is 0 Å². The van der Waals surface area contributed by atoms with E-state index in [9.17, 15) is 99.5 Å². The van der Waals surface area contributed by atoms with Crippen LogP contribution in [-0.4, -0.2) is 231 Å². The third-order valence-electron chi connectivity index (χ3n) is 15.1. The van der Waals surface area contributed by atoms with Crippen LogP contribution in [0, 0.1) is 28.6 Å². The summed E-state index contributed by atoms with van der Waals surface area (Å²) >= 11 is 0. The summed E-state index contributed by atoms with van der Waals surface area (Å²) in [6.45, 7) is 17.0. The maximum Gasteiger partial charge on any atom is 0.490 e. The van der Waals surface area contributed by atoms with Gasteiger partial charge in [-0.1, -0.05) is 120 Å². The fourth-order valence-electron chi connectivity index (χ4n) is 9.46. The van der Waals surface area contributed by atoms with Crippen LogP contribution in [0.3, 0.4) is 0 Å². The molecule has 36 nitrogen and oxygen atoms in total. The van der Waals surface area contributed by atoms with E-state index in [1.54, 1.807) is 54.5 Å². The lowest BCUT2D eigenvalue weighted by Gasteiger charge is -2.35. The molecule has 0 aromatic heterocycles. The molecule has 0 spiro atoms. The zero-order valence-electron chi connectivity index (χ0n) is 60.1. The second kappa shape index (κ2) is 43.7. The van der Waals surface area contributed by atoms with E-state index >= 15 is 4.79 Å². The Kier molecular flexibility index (Phi) is 39.7. The Bertz CT molecular complexity index is 3130. The molecule has 1 aromatic rings. The van der Waals surface area contributed by atoms with Gasteiger partial charge in [0, 0.05) is 6.54 Å². The van der Waals surface area contributed by atoms with Gasteiger partial charge in [-0.25, -0.2) is 9.59 Å². The first-order chi connectivity index (χ1) is 48.1. The van der Waals surface area contributed by atoms with Gasteiger partial charge in [-0.15, -0.1) is 0 Å². The third kappa shape index (κ3) is 35.7. The molecule has 0 saturated carbocycles. The number of rotatable bonds is 21. The molecule has 0 aliphatic carbocycles. The zero-order valence-corrected chi connectivity index (χ0v) is 60.1. The summed E-state index contributed by atoms with van der Waals surface area (Å²) in [4.78, 5) is 192. The molecule has 1 heterocycles. The minimum Gasteiger partial charge on any atom is -0.475 e. The molecule has 1 saturated heterocycles. The molecule has 1 fully saturated rings. The smallest absolute Gasteiger partial charge is 0.475 e. The summed E-state index contributed by atoms with van der Waals surface area (Å²) in [6, 6.07) is -12.0. The number of guanidine groups is 1. The Labute approximate surface area is 601 Å². The lowest BCUT2D eigenvalue weighted by Crippen LogP contribution is -2.65. The number of nitrogens with two attached hydrogens (primary N) is 4. The van der Waals surface area contributed by atoms with Crippen molar-refractivity contribution >= 4 is 88.8 Å². The van der Waals surface area contributed by atoms with Gasteiger partial charge in [0.2, 0.25) is 70.9 Å². The summed E-state index contributed by atoms with van der Waals surface area (Å²) in [5.41, 5.74) is 21.6. The molecule has 0 unspecified atom stereocenters. The average molecular weight is 1520 g/mol. The van der Waals surface area contributed by atoms with Crippen LogP contribution in [0.25, 0.3) is 0 Å². The first-order valence-corrected chi connectivity index (χ1v) is 32.8. The van der Waals surface area contributed by atoms with Crippen LogP contribution in [0.5, 0.6) is 0 Å².